The van der Waals surface area contributed by atoms with Crippen molar-refractivity contribution in [1.82, 2.24) is 0 Å². The molecule has 4 rings (SSSR count). The van der Waals surface area contributed by atoms with Gasteiger partial charge < -0.3 is 14.8 Å². The maximum absolute atomic E-state index is 12.7. The molecule has 3 aromatic rings. The topological polar surface area (TPSA) is 47.6 Å². The van der Waals surface area contributed by atoms with Crippen molar-refractivity contribution < 1.29 is 14.3 Å². The highest BCUT2D eigenvalue weighted by atomic mass is 79.9. The van der Waals surface area contributed by atoms with E-state index in [0.717, 1.165) is 15.2 Å². The molecule has 1 amide bonds. The van der Waals surface area contributed by atoms with E-state index in [1.54, 1.807) is 6.07 Å². The summed E-state index contributed by atoms with van der Waals surface area (Å²) in [5.41, 5.74) is 1.28. The van der Waals surface area contributed by atoms with Crippen molar-refractivity contribution in [2.24, 2.45) is 0 Å². The molecule has 0 radical (unpaired) electrons. The number of benzene rings is 3. The van der Waals surface area contributed by atoms with Crippen LogP contribution in [-0.2, 0) is 0 Å². The second kappa shape index (κ2) is 6.17. The lowest BCUT2D eigenvalue weighted by Gasteiger charge is -2.20. The lowest BCUT2D eigenvalue weighted by molar-refractivity contribution is 0.102. The van der Waals surface area contributed by atoms with Crippen molar-refractivity contribution in [2.45, 2.75) is 0 Å². The molecule has 1 heterocycles. The van der Waals surface area contributed by atoms with E-state index >= 15 is 0 Å². The van der Waals surface area contributed by atoms with E-state index in [1.165, 1.54) is 0 Å². The molecule has 0 atom stereocenters. The summed E-state index contributed by atoms with van der Waals surface area (Å²) in [6.07, 6.45) is 0. The highest BCUT2D eigenvalue weighted by Crippen LogP contribution is 2.38. The summed E-state index contributed by atoms with van der Waals surface area (Å²) in [5, 5.41) is 4.90. The van der Waals surface area contributed by atoms with Gasteiger partial charge in [-0.1, -0.05) is 36.4 Å². The van der Waals surface area contributed by atoms with Crippen LogP contribution in [0.5, 0.6) is 11.5 Å². The number of halogens is 1. The number of carbonyl (C=O) groups excluding carboxylic acids is 1. The van der Waals surface area contributed by atoms with Crippen molar-refractivity contribution in [2.75, 3.05) is 18.5 Å². The van der Waals surface area contributed by atoms with Gasteiger partial charge in [0.15, 0.2) is 11.5 Å². The van der Waals surface area contributed by atoms with Crippen LogP contribution in [0.15, 0.2) is 59.1 Å². The number of nitrogens with one attached hydrogen (secondary N) is 1. The minimum atomic E-state index is -0.163. The Bertz CT molecular complexity index is 934. The largest absolute Gasteiger partial charge is 0.486 e. The lowest BCUT2D eigenvalue weighted by Crippen LogP contribution is -2.17. The van der Waals surface area contributed by atoms with Gasteiger partial charge in [-0.05, 0) is 32.8 Å². The molecule has 24 heavy (non-hydrogen) atoms. The number of ether oxygens (including phenoxy) is 2. The number of rotatable bonds is 2. The predicted molar refractivity (Wildman–Crippen MR) is 97.0 cm³/mol. The normalized spacial score (nSPS) is 12.9. The molecule has 0 aromatic heterocycles. The van der Waals surface area contributed by atoms with Gasteiger partial charge in [-0.3, -0.25) is 4.79 Å². The van der Waals surface area contributed by atoms with Gasteiger partial charge >= 0.3 is 0 Å². The number of fused-ring (bicyclic) bond motifs is 2. The summed E-state index contributed by atoms with van der Waals surface area (Å²) in [6.45, 7) is 1.03. The van der Waals surface area contributed by atoms with Crippen molar-refractivity contribution in [1.29, 1.82) is 0 Å². The molecular formula is C19H14BrNO3. The standard InChI is InChI=1S/C19H14BrNO3/c20-15-10-17-18(24-9-8-23-17)11-16(15)21-19(22)14-7-3-5-12-4-1-2-6-13(12)14/h1-7,10-11H,8-9H2,(H,21,22). The van der Waals surface area contributed by atoms with Crippen molar-refractivity contribution >= 4 is 38.3 Å². The van der Waals surface area contributed by atoms with Crippen LogP contribution in [0.25, 0.3) is 10.8 Å². The maximum atomic E-state index is 12.7. The lowest BCUT2D eigenvalue weighted by atomic mass is 10.0. The van der Waals surface area contributed by atoms with Crippen molar-refractivity contribution in [3.8, 4) is 11.5 Å². The molecule has 0 spiro atoms. The molecule has 0 aliphatic carbocycles. The van der Waals surface area contributed by atoms with Crippen LogP contribution in [-0.4, -0.2) is 19.1 Å². The zero-order valence-corrected chi connectivity index (χ0v) is 14.3. The summed E-state index contributed by atoms with van der Waals surface area (Å²) in [4.78, 5) is 12.7. The van der Waals surface area contributed by atoms with E-state index in [1.807, 2.05) is 48.5 Å². The Labute approximate surface area is 147 Å². The third-order valence-electron chi connectivity index (χ3n) is 3.91. The highest BCUT2D eigenvalue weighted by molar-refractivity contribution is 9.10. The summed E-state index contributed by atoms with van der Waals surface area (Å²) >= 11 is 3.48. The van der Waals surface area contributed by atoms with E-state index in [-0.39, 0.29) is 5.91 Å². The Kier molecular flexibility index (Phi) is 3.86. The van der Waals surface area contributed by atoms with E-state index in [4.69, 9.17) is 9.47 Å². The Morgan fingerprint density at radius 1 is 0.958 bits per heavy atom. The Hall–Kier alpha value is -2.53. The SMILES string of the molecule is O=C(Nc1cc2c(cc1Br)OCCO2)c1cccc2ccccc12. The molecule has 0 saturated carbocycles. The fraction of sp³-hybridized carbons (Fsp3) is 0.105. The molecule has 3 aromatic carbocycles. The zero-order valence-electron chi connectivity index (χ0n) is 12.7. The molecule has 1 N–H and O–H groups in total. The molecule has 0 fully saturated rings. The second-order valence-corrected chi connectivity index (χ2v) is 6.31. The van der Waals surface area contributed by atoms with Crippen molar-refractivity contribution in [3.05, 3.63) is 64.6 Å². The smallest absolute Gasteiger partial charge is 0.256 e. The molecule has 1 aliphatic heterocycles. The number of carbonyl (C=O) groups is 1. The number of anilines is 1. The average molecular weight is 384 g/mol. The van der Waals surface area contributed by atoms with Crippen LogP contribution in [0.3, 0.4) is 0 Å². The third kappa shape index (κ3) is 2.71. The molecule has 0 bridgehead atoms. The van der Waals surface area contributed by atoms with Gasteiger partial charge in [-0.25, -0.2) is 0 Å². The maximum Gasteiger partial charge on any atom is 0.256 e. The van der Waals surface area contributed by atoms with Gasteiger partial charge in [-0.2, -0.15) is 0 Å². The van der Waals surface area contributed by atoms with E-state index < -0.39 is 0 Å². The minimum Gasteiger partial charge on any atom is -0.486 e. The first-order valence-electron chi connectivity index (χ1n) is 7.60. The molecule has 0 saturated heterocycles. The van der Waals surface area contributed by atoms with Crippen LogP contribution >= 0.6 is 15.9 Å². The summed E-state index contributed by atoms with van der Waals surface area (Å²) in [6, 6.07) is 17.1. The van der Waals surface area contributed by atoms with Crippen LogP contribution < -0.4 is 14.8 Å². The molecule has 5 heteroatoms. The van der Waals surface area contributed by atoms with E-state index in [0.29, 0.717) is 36.0 Å². The zero-order chi connectivity index (χ0) is 16.5. The van der Waals surface area contributed by atoms with Crippen molar-refractivity contribution in [3.63, 3.8) is 0 Å². The quantitative estimate of drug-likeness (QED) is 0.701. The van der Waals surface area contributed by atoms with E-state index in [9.17, 15) is 4.79 Å². The molecule has 1 aliphatic rings. The van der Waals surface area contributed by atoms with Crippen LogP contribution in [0.2, 0.25) is 0 Å². The first kappa shape index (κ1) is 15.0. The minimum absolute atomic E-state index is 0.163. The third-order valence-corrected chi connectivity index (χ3v) is 4.57. The van der Waals surface area contributed by atoms with Gasteiger partial charge in [0.1, 0.15) is 13.2 Å². The fourth-order valence-corrected chi connectivity index (χ4v) is 3.19. The second-order valence-electron chi connectivity index (χ2n) is 5.46. The molecule has 0 unspecified atom stereocenters. The number of hydrogen-bond donors (Lipinski definition) is 1. The first-order chi connectivity index (χ1) is 11.7. The highest BCUT2D eigenvalue weighted by Gasteiger charge is 2.17. The average Bonchev–Trinajstić information content (AvgIpc) is 2.62. The first-order valence-corrected chi connectivity index (χ1v) is 8.40. The summed E-state index contributed by atoms with van der Waals surface area (Å²) in [5.74, 6) is 1.15. The van der Waals surface area contributed by atoms with Gasteiger partial charge in [-0.15, -0.1) is 0 Å². The summed E-state index contributed by atoms with van der Waals surface area (Å²) in [7, 11) is 0. The fourth-order valence-electron chi connectivity index (χ4n) is 2.77. The molecular weight excluding hydrogens is 370 g/mol. The number of amides is 1. The van der Waals surface area contributed by atoms with Gasteiger partial charge in [0.05, 0.1) is 5.69 Å². The van der Waals surface area contributed by atoms with Gasteiger partial charge in [0.2, 0.25) is 0 Å². The van der Waals surface area contributed by atoms with Crippen LogP contribution in [0.4, 0.5) is 5.69 Å². The van der Waals surface area contributed by atoms with E-state index in [2.05, 4.69) is 21.2 Å². The Morgan fingerprint density at radius 3 is 2.50 bits per heavy atom. The van der Waals surface area contributed by atoms with Crippen LogP contribution in [0.1, 0.15) is 10.4 Å². The van der Waals surface area contributed by atoms with Gasteiger partial charge in [0.25, 0.3) is 5.91 Å². The molecule has 4 nitrogen and oxygen atoms in total. The monoisotopic (exact) mass is 383 g/mol. The molecule has 120 valence electrons. The number of hydrogen-bond acceptors (Lipinski definition) is 3. The van der Waals surface area contributed by atoms with Crippen LogP contribution in [0, 0.1) is 0 Å². The Morgan fingerprint density at radius 2 is 1.67 bits per heavy atom. The predicted octanol–water partition coefficient (Wildman–Crippen LogP) is 4.63. The summed E-state index contributed by atoms with van der Waals surface area (Å²) < 4.78 is 11.9. The van der Waals surface area contributed by atoms with Gasteiger partial charge in [0, 0.05) is 22.2 Å². The Balaban J connectivity index is 1.69.